The van der Waals surface area contributed by atoms with Crippen molar-refractivity contribution in [2.45, 2.75) is 6.04 Å². The van der Waals surface area contributed by atoms with Gasteiger partial charge in [0.2, 0.25) is 5.91 Å². The van der Waals surface area contributed by atoms with E-state index in [1.807, 2.05) is 25.1 Å². The number of hydrogen-bond donors (Lipinski definition) is 2. The van der Waals surface area contributed by atoms with E-state index in [2.05, 4.69) is 10.3 Å². The fraction of sp³-hybridized carbons (Fsp3) is 0.188. The first-order chi connectivity index (χ1) is 10.5. The molecular weight excluding hydrogens is 280 g/mol. The van der Waals surface area contributed by atoms with E-state index in [-0.39, 0.29) is 0 Å². The molecule has 0 saturated heterocycles. The van der Waals surface area contributed by atoms with Crippen LogP contribution >= 0.6 is 0 Å². The average molecular weight is 298 g/mol. The average Bonchev–Trinajstić information content (AvgIpc) is 2.53. The molecule has 0 spiro atoms. The Morgan fingerprint density at radius 3 is 2.32 bits per heavy atom. The number of amides is 2. The van der Waals surface area contributed by atoms with Crippen LogP contribution in [0.2, 0.25) is 0 Å². The smallest absolute Gasteiger partial charge is 0.253 e. The lowest BCUT2D eigenvalue weighted by Crippen LogP contribution is -2.37. The molecule has 0 fully saturated rings. The van der Waals surface area contributed by atoms with E-state index in [0.717, 1.165) is 5.82 Å². The Morgan fingerprint density at radius 2 is 1.82 bits per heavy atom. The molecule has 6 heteroatoms. The maximum atomic E-state index is 12.2. The van der Waals surface area contributed by atoms with Gasteiger partial charge in [0.1, 0.15) is 11.9 Å². The summed E-state index contributed by atoms with van der Waals surface area (Å²) in [6.45, 7) is 0. The summed E-state index contributed by atoms with van der Waals surface area (Å²) in [6, 6.07) is 11.4. The number of nitrogens with one attached hydrogen (secondary N) is 1. The van der Waals surface area contributed by atoms with Gasteiger partial charge in [0, 0.05) is 20.3 Å². The molecular formula is C16H18N4O2. The summed E-state index contributed by atoms with van der Waals surface area (Å²) in [5, 5.41) is 2.63. The van der Waals surface area contributed by atoms with Crippen LogP contribution in [-0.4, -0.2) is 30.9 Å². The predicted molar refractivity (Wildman–Crippen MR) is 84.4 cm³/mol. The van der Waals surface area contributed by atoms with Crippen molar-refractivity contribution >= 4 is 17.6 Å². The number of aromatic nitrogens is 1. The van der Waals surface area contributed by atoms with Gasteiger partial charge < -0.3 is 16.0 Å². The molecule has 2 amide bonds. The Hall–Kier alpha value is -2.89. The van der Waals surface area contributed by atoms with Crippen LogP contribution in [-0.2, 0) is 4.79 Å². The molecule has 22 heavy (non-hydrogen) atoms. The minimum absolute atomic E-state index is 0.368. The van der Waals surface area contributed by atoms with Gasteiger partial charge in [0.25, 0.3) is 5.91 Å². The van der Waals surface area contributed by atoms with Crippen LogP contribution < -0.4 is 16.0 Å². The molecule has 0 saturated carbocycles. The Kier molecular flexibility index (Phi) is 4.73. The second-order valence-electron chi connectivity index (χ2n) is 5.02. The normalized spacial score (nSPS) is 11.5. The van der Waals surface area contributed by atoms with Crippen LogP contribution in [0.25, 0.3) is 0 Å². The van der Waals surface area contributed by atoms with Crippen molar-refractivity contribution in [3.63, 3.8) is 0 Å². The summed E-state index contributed by atoms with van der Waals surface area (Å²) in [4.78, 5) is 29.8. The number of nitrogens with zero attached hydrogens (tertiary/aromatic N) is 2. The maximum absolute atomic E-state index is 12.2. The summed E-state index contributed by atoms with van der Waals surface area (Å²) < 4.78 is 0. The first kappa shape index (κ1) is 15.5. The van der Waals surface area contributed by atoms with E-state index in [1.54, 1.807) is 36.4 Å². The van der Waals surface area contributed by atoms with Crippen molar-refractivity contribution in [2.75, 3.05) is 19.0 Å². The van der Waals surface area contributed by atoms with Crippen LogP contribution in [0.4, 0.5) is 5.82 Å². The number of carbonyl (C=O) groups is 2. The Balaban J connectivity index is 2.16. The van der Waals surface area contributed by atoms with Crippen LogP contribution in [0.15, 0.2) is 48.7 Å². The molecule has 1 atom stereocenters. The number of carbonyl (C=O) groups excluding carboxylic acids is 2. The topological polar surface area (TPSA) is 88.3 Å². The number of pyridine rings is 1. The first-order valence-corrected chi connectivity index (χ1v) is 6.77. The van der Waals surface area contributed by atoms with Crippen LogP contribution in [0, 0.1) is 0 Å². The molecule has 0 aliphatic rings. The zero-order valence-electron chi connectivity index (χ0n) is 12.5. The lowest BCUT2D eigenvalue weighted by atomic mass is 10.1. The molecule has 0 radical (unpaired) electrons. The summed E-state index contributed by atoms with van der Waals surface area (Å²) in [5.74, 6) is -0.269. The Morgan fingerprint density at radius 1 is 1.14 bits per heavy atom. The largest absolute Gasteiger partial charge is 0.368 e. The summed E-state index contributed by atoms with van der Waals surface area (Å²) in [6.07, 6.45) is 1.47. The highest BCUT2D eigenvalue weighted by Gasteiger charge is 2.20. The van der Waals surface area contributed by atoms with Gasteiger partial charge in [-0.15, -0.1) is 0 Å². The monoisotopic (exact) mass is 298 g/mol. The zero-order valence-corrected chi connectivity index (χ0v) is 12.5. The number of primary amides is 1. The van der Waals surface area contributed by atoms with Gasteiger partial charge in [0.05, 0.1) is 5.56 Å². The van der Waals surface area contributed by atoms with Gasteiger partial charge in [-0.2, -0.15) is 0 Å². The van der Waals surface area contributed by atoms with Crippen molar-refractivity contribution in [1.82, 2.24) is 10.3 Å². The van der Waals surface area contributed by atoms with E-state index in [9.17, 15) is 9.59 Å². The molecule has 0 aliphatic carbocycles. The van der Waals surface area contributed by atoms with Crippen LogP contribution in [0.3, 0.4) is 0 Å². The van der Waals surface area contributed by atoms with Gasteiger partial charge >= 0.3 is 0 Å². The van der Waals surface area contributed by atoms with Crippen LogP contribution in [0.5, 0.6) is 0 Å². The van der Waals surface area contributed by atoms with Gasteiger partial charge in [-0.1, -0.05) is 30.3 Å². The van der Waals surface area contributed by atoms with Gasteiger partial charge in [-0.05, 0) is 17.7 Å². The van der Waals surface area contributed by atoms with Crippen molar-refractivity contribution in [1.29, 1.82) is 0 Å². The Labute approximate surface area is 129 Å². The number of anilines is 1. The number of rotatable bonds is 5. The Bertz CT molecular complexity index is 654. The first-order valence-electron chi connectivity index (χ1n) is 6.77. The highest BCUT2D eigenvalue weighted by Crippen LogP contribution is 2.14. The number of hydrogen-bond acceptors (Lipinski definition) is 4. The minimum Gasteiger partial charge on any atom is -0.368 e. The molecule has 3 N–H and O–H groups in total. The molecule has 114 valence electrons. The molecule has 0 aliphatic heterocycles. The van der Waals surface area contributed by atoms with E-state index >= 15 is 0 Å². The SMILES string of the molecule is CN(C)c1ccc(C(=O)NC(C(N)=O)c2ccccc2)cn1. The van der Waals surface area contributed by atoms with E-state index in [1.165, 1.54) is 6.20 Å². The van der Waals surface area contributed by atoms with Gasteiger partial charge in [-0.25, -0.2) is 4.98 Å². The van der Waals surface area contributed by atoms with Crippen LogP contribution in [0.1, 0.15) is 22.0 Å². The standard InChI is InChI=1S/C16H18N4O2/c1-20(2)13-9-8-12(10-18-13)16(22)19-14(15(17)21)11-6-4-3-5-7-11/h3-10,14H,1-2H3,(H2,17,21)(H,19,22). The highest BCUT2D eigenvalue weighted by molar-refractivity contribution is 5.97. The molecule has 2 aromatic rings. The van der Waals surface area contributed by atoms with Crippen molar-refractivity contribution in [2.24, 2.45) is 5.73 Å². The quantitative estimate of drug-likeness (QED) is 0.865. The van der Waals surface area contributed by atoms with E-state index in [0.29, 0.717) is 11.1 Å². The summed E-state index contributed by atoms with van der Waals surface area (Å²) >= 11 is 0. The highest BCUT2D eigenvalue weighted by atomic mass is 16.2. The third-order valence-electron chi connectivity index (χ3n) is 3.16. The number of benzene rings is 1. The van der Waals surface area contributed by atoms with Gasteiger partial charge in [0.15, 0.2) is 0 Å². The van der Waals surface area contributed by atoms with Crippen molar-refractivity contribution < 1.29 is 9.59 Å². The van der Waals surface area contributed by atoms with Crippen molar-refractivity contribution in [3.05, 3.63) is 59.8 Å². The minimum atomic E-state index is -0.873. The maximum Gasteiger partial charge on any atom is 0.253 e. The van der Waals surface area contributed by atoms with E-state index < -0.39 is 17.9 Å². The number of nitrogens with two attached hydrogens (primary N) is 1. The molecule has 1 heterocycles. The fourth-order valence-corrected chi connectivity index (χ4v) is 1.96. The molecule has 2 rings (SSSR count). The molecule has 1 unspecified atom stereocenters. The van der Waals surface area contributed by atoms with Crippen molar-refractivity contribution in [3.8, 4) is 0 Å². The summed E-state index contributed by atoms with van der Waals surface area (Å²) in [5.41, 5.74) is 6.39. The molecule has 1 aromatic heterocycles. The second-order valence-corrected chi connectivity index (χ2v) is 5.02. The lowest BCUT2D eigenvalue weighted by molar-refractivity contribution is -0.120. The predicted octanol–water partition coefficient (Wildman–Crippen LogP) is 1.10. The van der Waals surface area contributed by atoms with Gasteiger partial charge in [-0.3, -0.25) is 9.59 Å². The molecule has 0 bridgehead atoms. The van der Waals surface area contributed by atoms with E-state index in [4.69, 9.17) is 5.73 Å². The lowest BCUT2D eigenvalue weighted by Gasteiger charge is -2.16. The molecule has 6 nitrogen and oxygen atoms in total. The fourth-order valence-electron chi connectivity index (χ4n) is 1.96. The zero-order chi connectivity index (χ0) is 16.1. The molecule has 1 aromatic carbocycles. The second kappa shape index (κ2) is 6.71. The third-order valence-corrected chi connectivity index (χ3v) is 3.16. The third kappa shape index (κ3) is 3.60. The summed E-state index contributed by atoms with van der Waals surface area (Å²) in [7, 11) is 3.72.